The fourth-order valence-electron chi connectivity index (χ4n) is 4.03. The standard InChI is InChI=1S/C32H40NO9P/c1-32(2,3)27-15-12-24(13-16-27)26-10-6-8-23(20-26)21-40-29-11-5-4-9-25(29)14-17-30(34)39-18-7-19-41-43(37,38)42-22-28(33)31(35)36/h4-6,8-13,15-16,20,28H,7,14,17-19,21-22,33H2,1-3H3,(H,35,36)(H,37,38)/t28-/m0/s1. The molecule has 3 aromatic rings. The first kappa shape index (κ1) is 34.0. The minimum absolute atomic E-state index is 0.0269. The smallest absolute Gasteiger partial charge is 0.472 e. The highest BCUT2D eigenvalue weighted by atomic mass is 31.2. The Morgan fingerprint density at radius 2 is 1.65 bits per heavy atom. The lowest BCUT2D eigenvalue weighted by Gasteiger charge is -2.19. The predicted molar refractivity (Wildman–Crippen MR) is 163 cm³/mol. The van der Waals surface area contributed by atoms with Gasteiger partial charge in [0.15, 0.2) is 0 Å². The Bertz CT molecular complexity index is 1400. The highest BCUT2D eigenvalue weighted by molar-refractivity contribution is 7.47. The molecule has 0 heterocycles. The molecule has 0 saturated heterocycles. The predicted octanol–water partition coefficient (Wildman–Crippen LogP) is 5.64. The van der Waals surface area contributed by atoms with Gasteiger partial charge in [0.25, 0.3) is 0 Å². The number of rotatable bonds is 16. The summed E-state index contributed by atoms with van der Waals surface area (Å²) in [5.41, 5.74) is 10.7. The molecule has 43 heavy (non-hydrogen) atoms. The van der Waals surface area contributed by atoms with Gasteiger partial charge in [-0.15, -0.1) is 0 Å². The van der Waals surface area contributed by atoms with Crippen molar-refractivity contribution in [2.45, 2.75) is 58.1 Å². The monoisotopic (exact) mass is 613 g/mol. The number of esters is 1. The number of nitrogens with two attached hydrogens (primary N) is 1. The highest BCUT2D eigenvalue weighted by Gasteiger charge is 2.24. The minimum Gasteiger partial charge on any atom is -0.489 e. The van der Waals surface area contributed by atoms with E-state index in [1.807, 2.05) is 36.4 Å². The summed E-state index contributed by atoms with van der Waals surface area (Å²) in [5, 5.41) is 8.68. The number of para-hydroxylation sites is 1. The molecule has 0 saturated carbocycles. The van der Waals surface area contributed by atoms with E-state index in [1.54, 1.807) is 0 Å². The Hall–Kier alpha value is -3.53. The van der Waals surface area contributed by atoms with E-state index in [1.165, 1.54) is 5.56 Å². The minimum atomic E-state index is -4.46. The molecule has 0 amide bonds. The maximum absolute atomic E-state index is 12.3. The summed E-state index contributed by atoms with van der Waals surface area (Å²) in [5.74, 6) is -1.12. The lowest BCUT2D eigenvalue weighted by Crippen LogP contribution is -2.34. The van der Waals surface area contributed by atoms with Gasteiger partial charge in [-0.25, -0.2) is 4.57 Å². The zero-order valence-electron chi connectivity index (χ0n) is 24.7. The van der Waals surface area contributed by atoms with Crippen LogP contribution in [0.15, 0.2) is 72.8 Å². The van der Waals surface area contributed by atoms with Gasteiger partial charge in [-0.3, -0.25) is 18.6 Å². The third-order valence-corrected chi connectivity index (χ3v) is 7.50. The van der Waals surface area contributed by atoms with Gasteiger partial charge in [0.05, 0.1) is 19.8 Å². The average molecular weight is 614 g/mol. The van der Waals surface area contributed by atoms with Crippen LogP contribution in [-0.4, -0.2) is 47.8 Å². The van der Waals surface area contributed by atoms with Crippen molar-refractivity contribution in [3.8, 4) is 16.9 Å². The van der Waals surface area contributed by atoms with Gasteiger partial charge in [-0.05, 0) is 51.8 Å². The van der Waals surface area contributed by atoms with Gasteiger partial charge in [0.1, 0.15) is 18.4 Å². The molecule has 4 N–H and O–H groups in total. The van der Waals surface area contributed by atoms with E-state index < -0.39 is 32.4 Å². The second-order valence-corrected chi connectivity index (χ2v) is 12.5. The van der Waals surface area contributed by atoms with E-state index in [9.17, 15) is 19.0 Å². The van der Waals surface area contributed by atoms with Crippen LogP contribution >= 0.6 is 7.82 Å². The van der Waals surface area contributed by atoms with Gasteiger partial charge in [0, 0.05) is 12.8 Å². The topological polar surface area (TPSA) is 155 Å². The van der Waals surface area contributed by atoms with Crippen LogP contribution < -0.4 is 10.5 Å². The number of benzene rings is 3. The molecule has 0 aliphatic rings. The molecule has 0 aliphatic heterocycles. The lowest BCUT2D eigenvalue weighted by molar-refractivity contribution is -0.143. The van der Waals surface area contributed by atoms with Crippen molar-refractivity contribution in [2.75, 3.05) is 19.8 Å². The number of phosphoric acid groups is 1. The van der Waals surface area contributed by atoms with E-state index >= 15 is 0 Å². The van der Waals surface area contributed by atoms with Gasteiger partial charge < -0.3 is 25.2 Å². The summed E-state index contributed by atoms with van der Waals surface area (Å²) in [6, 6.07) is 22.9. The third-order valence-electron chi connectivity index (χ3n) is 6.52. The quantitative estimate of drug-likeness (QED) is 0.105. The van der Waals surface area contributed by atoms with Crippen molar-refractivity contribution in [2.24, 2.45) is 5.73 Å². The molecule has 0 spiro atoms. The van der Waals surface area contributed by atoms with Crippen LogP contribution in [0.5, 0.6) is 5.75 Å². The highest BCUT2D eigenvalue weighted by Crippen LogP contribution is 2.43. The molecule has 0 fully saturated rings. The van der Waals surface area contributed by atoms with Gasteiger partial charge in [-0.1, -0.05) is 81.4 Å². The molecule has 0 bridgehead atoms. The van der Waals surface area contributed by atoms with Crippen molar-refractivity contribution in [1.29, 1.82) is 0 Å². The number of carboxylic acid groups (broad SMARTS) is 1. The third kappa shape index (κ3) is 11.6. The second-order valence-electron chi connectivity index (χ2n) is 11.0. The fraction of sp³-hybridized carbons (Fsp3) is 0.375. The summed E-state index contributed by atoms with van der Waals surface area (Å²) < 4.78 is 32.3. The number of hydrogen-bond donors (Lipinski definition) is 3. The molecule has 11 heteroatoms. The molecule has 0 radical (unpaired) electrons. The first-order chi connectivity index (χ1) is 20.3. The molecule has 10 nitrogen and oxygen atoms in total. The Morgan fingerprint density at radius 3 is 2.35 bits per heavy atom. The summed E-state index contributed by atoms with van der Waals surface area (Å²) in [6.07, 6.45) is 0.676. The Kier molecular flexibility index (Phi) is 12.5. The Balaban J connectivity index is 1.43. The maximum atomic E-state index is 12.3. The van der Waals surface area contributed by atoms with Crippen LogP contribution in [0.2, 0.25) is 0 Å². The first-order valence-corrected chi connectivity index (χ1v) is 15.5. The number of carbonyl (C=O) groups is 2. The van der Waals surface area contributed by atoms with E-state index in [0.717, 1.165) is 22.3 Å². The number of aryl methyl sites for hydroxylation is 1. The first-order valence-electron chi connectivity index (χ1n) is 14.0. The number of aliphatic carboxylic acids is 1. The summed E-state index contributed by atoms with van der Waals surface area (Å²) in [6.45, 7) is 6.02. The number of carboxylic acids is 1. The van der Waals surface area contributed by atoms with Crippen LogP contribution in [0, 0.1) is 0 Å². The Morgan fingerprint density at radius 1 is 0.930 bits per heavy atom. The van der Waals surface area contributed by atoms with Crippen LogP contribution in [0.25, 0.3) is 11.1 Å². The average Bonchev–Trinajstić information content (AvgIpc) is 2.97. The normalized spacial score (nSPS) is 13.6. The van der Waals surface area contributed by atoms with Crippen molar-refractivity contribution in [1.82, 2.24) is 0 Å². The van der Waals surface area contributed by atoms with Crippen LogP contribution in [0.3, 0.4) is 0 Å². The van der Waals surface area contributed by atoms with Crippen LogP contribution in [-0.2, 0) is 46.4 Å². The van der Waals surface area contributed by atoms with E-state index in [2.05, 4.69) is 61.7 Å². The molecule has 1 unspecified atom stereocenters. The van der Waals surface area contributed by atoms with E-state index in [-0.39, 0.29) is 31.5 Å². The largest absolute Gasteiger partial charge is 0.489 e. The van der Waals surface area contributed by atoms with Crippen molar-refractivity contribution in [3.63, 3.8) is 0 Å². The Labute approximate surface area is 252 Å². The number of hydrogen-bond acceptors (Lipinski definition) is 8. The molecule has 3 rings (SSSR count). The number of phosphoric ester groups is 1. The van der Waals surface area contributed by atoms with Gasteiger partial charge in [-0.2, -0.15) is 0 Å². The molecule has 232 valence electrons. The molecular formula is C32H40NO9P. The summed E-state index contributed by atoms with van der Waals surface area (Å²) in [7, 11) is -4.46. The van der Waals surface area contributed by atoms with Crippen molar-refractivity contribution in [3.05, 3.63) is 89.5 Å². The van der Waals surface area contributed by atoms with E-state index in [0.29, 0.717) is 18.8 Å². The van der Waals surface area contributed by atoms with Gasteiger partial charge in [0.2, 0.25) is 0 Å². The fourth-order valence-corrected chi connectivity index (χ4v) is 4.82. The zero-order valence-corrected chi connectivity index (χ0v) is 25.6. The van der Waals surface area contributed by atoms with E-state index in [4.69, 9.17) is 24.8 Å². The number of ether oxygens (including phenoxy) is 2. The van der Waals surface area contributed by atoms with Crippen molar-refractivity contribution < 1.29 is 42.7 Å². The molecule has 0 aromatic heterocycles. The summed E-state index contributed by atoms with van der Waals surface area (Å²) in [4.78, 5) is 32.4. The SMILES string of the molecule is CC(C)(C)c1ccc(-c2cccc(COc3ccccc3CCC(=O)OCCCOP(=O)(O)OC[C@H](N)C(=O)O)c2)cc1. The maximum Gasteiger partial charge on any atom is 0.472 e. The molecule has 3 aromatic carbocycles. The van der Waals surface area contributed by atoms with Gasteiger partial charge >= 0.3 is 19.8 Å². The van der Waals surface area contributed by atoms with Crippen LogP contribution in [0.1, 0.15) is 50.3 Å². The summed E-state index contributed by atoms with van der Waals surface area (Å²) >= 11 is 0. The van der Waals surface area contributed by atoms with Crippen LogP contribution in [0.4, 0.5) is 0 Å². The molecule has 2 atom stereocenters. The molecular weight excluding hydrogens is 573 g/mol. The molecule has 0 aliphatic carbocycles. The van der Waals surface area contributed by atoms with Crippen molar-refractivity contribution >= 4 is 19.8 Å². The number of carbonyl (C=O) groups excluding carboxylic acids is 1. The second kappa shape index (κ2) is 15.8. The lowest BCUT2D eigenvalue weighted by atomic mass is 9.86. The zero-order chi connectivity index (χ0) is 31.5.